The molecule has 0 aliphatic heterocycles. The van der Waals surface area contributed by atoms with Crippen LogP contribution in [0.2, 0.25) is 0 Å². The first kappa shape index (κ1) is 20.1. The Labute approximate surface area is 169 Å². The summed E-state index contributed by atoms with van der Waals surface area (Å²) in [4.78, 5) is 12.7. The molecule has 7 nitrogen and oxygen atoms in total. The number of nitrogens with one attached hydrogen (secondary N) is 1. The van der Waals surface area contributed by atoms with Crippen LogP contribution in [0.5, 0.6) is 0 Å². The van der Waals surface area contributed by atoms with E-state index in [1.54, 1.807) is 10.9 Å². The maximum absolute atomic E-state index is 12.7. The maximum Gasteiger partial charge on any atom is 0.238 e. The van der Waals surface area contributed by atoms with Crippen LogP contribution in [0.25, 0.3) is 0 Å². The summed E-state index contributed by atoms with van der Waals surface area (Å²) in [5.41, 5.74) is 1.19. The van der Waals surface area contributed by atoms with Crippen LogP contribution in [0.1, 0.15) is 45.1 Å². The van der Waals surface area contributed by atoms with Gasteiger partial charge in [0.15, 0.2) is 5.16 Å². The molecule has 0 unspecified atom stereocenters. The second-order valence-electron chi connectivity index (χ2n) is 6.81. The smallest absolute Gasteiger partial charge is 0.238 e. The van der Waals surface area contributed by atoms with Crippen molar-refractivity contribution in [3.05, 3.63) is 54.0 Å². The zero-order valence-electron chi connectivity index (χ0n) is 16.7. The highest BCUT2D eigenvalue weighted by atomic mass is 32.2. The van der Waals surface area contributed by atoms with Gasteiger partial charge < -0.3 is 9.88 Å². The molecule has 8 heteroatoms. The van der Waals surface area contributed by atoms with Gasteiger partial charge in [-0.2, -0.15) is 5.10 Å². The summed E-state index contributed by atoms with van der Waals surface area (Å²) >= 11 is 1.42. The van der Waals surface area contributed by atoms with Gasteiger partial charge in [-0.05, 0) is 33.3 Å². The molecule has 0 radical (unpaired) electrons. The monoisotopic (exact) mass is 398 g/mol. The number of carbonyl (C=O) groups excluding carboxylic acids is 1. The third-order valence-electron chi connectivity index (χ3n) is 4.38. The lowest BCUT2D eigenvalue weighted by Crippen LogP contribution is -2.25. The molecule has 1 amide bonds. The van der Waals surface area contributed by atoms with Gasteiger partial charge in [-0.3, -0.25) is 4.79 Å². The summed E-state index contributed by atoms with van der Waals surface area (Å²) in [5.74, 6) is 1.53. The third kappa shape index (κ3) is 4.62. The van der Waals surface area contributed by atoms with Crippen LogP contribution >= 0.6 is 11.8 Å². The lowest BCUT2D eigenvalue weighted by Gasteiger charge is -2.15. The summed E-state index contributed by atoms with van der Waals surface area (Å²) in [6, 6.07) is 12.2. The van der Waals surface area contributed by atoms with Gasteiger partial charge >= 0.3 is 0 Å². The van der Waals surface area contributed by atoms with Gasteiger partial charge in [0, 0.05) is 25.1 Å². The fraction of sp³-hybridized carbons (Fsp3) is 0.400. The number of hydrogen-bond acceptors (Lipinski definition) is 5. The fourth-order valence-electron chi connectivity index (χ4n) is 2.90. The van der Waals surface area contributed by atoms with Crippen LogP contribution in [-0.2, 0) is 17.8 Å². The summed E-state index contributed by atoms with van der Waals surface area (Å²) in [6.45, 7) is 8.75. The molecular formula is C20H26N6OS. The van der Waals surface area contributed by atoms with Crippen molar-refractivity contribution >= 4 is 23.5 Å². The molecule has 0 bridgehead atoms. The molecule has 1 atom stereocenters. The van der Waals surface area contributed by atoms with E-state index in [1.807, 2.05) is 45.0 Å². The van der Waals surface area contributed by atoms with E-state index in [9.17, 15) is 4.79 Å². The number of rotatable bonds is 8. The predicted octanol–water partition coefficient (Wildman–Crippen LogP) is 3.79. The molecule has 148 valence electrons. The average Bonchev–Trinajstić information content (AvgIpc) is 3.29. The quantitative estimate of drug-likeness (QED) is 0.584. The first-order chi connectivity index (χ1) is 13.5. The predicted molar refractivity (Wildman–Crippen MR) is 112 cm³/mol. The second kappa shape index (κ2) is 9.05. The molecular weight excluding hydrogens is 372 g/mol. The molecule has 3 aromatic rings. The molecule has 0 saturated carbocycles. The fourth-order valence-corrected chi connectivity index (χ4v) is 3.83. The Morgan fingerprint density at radius 1 is 1.14 bits per heavy atom. The molecule has 0 fully saturated rings. The van der Waals surface area contributed by atoms with Crippen molar-refractivity contribution in [3.8, 4) is 0 Å². The minimum absolute atomic E-state index is 0.0809. The summed E-state index contributed by atoms with van der Waals surface area (Å²) in [6.07, 6.45) is 2.41. The molecule has 1 aromatic carbocycles. The van der Waals surface area contributed by atoms with Crippen LogP contribution in [0.4, 0.5) is 5.82 Å². The van der Waals surface area contributed by atoms with E-state index in [-0.39, 0.29) is 17.2 Å². The first-order valence-corrected chi connectivity index (χ1v) is 10.3. The van der Waals surface area contributed by atoms with E-state index >= 15 is 0 Å². The summed E-state index contributed by atoms with van der Waals surface area (Å²) < 4.78 is 3.86. The summed E-state index contributed by atoms with van der Waals surface area (Å²) in [5, 5.41) is 16.3. The Morgan fingerprint density at radius 3 is 2.57 bits per heavy atom. The molecule has 0 spiro atoms. The molecule has 0 aliphatic carbocycles. The van der Waals surface area contributed by atoms with E-state index in [4.69, 9.17) is 0 Å². The Bertz CT molecular complexity index is 918. The third-order valence-corrected chi connectivity index (χ3v) is 5.46. The topological polar surface area (TPSA) is 77.6 Å². The Balaban J connectivity index is 1.69. The van der Waals surface area contributed by atoms with E-state index in [0.717, 1.165) is 23.9 Å². The number of amides is 1. The van der Waals surface area contributed by atoms with E-state index in [0.29, 0.717) is 5.82 Å². The number of anilines is 1. The second-order valence-corrected chi connectivity index (χ2v) is 8.12. The van der Waals surface area contributed by atoms with Gasteiger partial charge in [-0.1, -0.05) is 42.1 Å². The number of benzene rings is 1. The van der Waals surface area contributed by atoms with Crippen molar-refractivity contribution in [2.45, 2.75) is 57.1 Å². The molecule has 2 aromatic heterocycles. The minimum atomic E-state index is -0.311. The van der Waals surface area contributed by atoms with Crippen molar-refractivity contribution in [1.82, 2.24) is 24.5 Å². The Kier molecular flexibility index (Phi) is 6.51. The van der Waals surface area contributed by atoms with Crippen LogP contribution in [0.3, 0.4) is 0 Å². The van der Waals surface area contributed by atoms with Gasteiger partial charge in [0.2, 0.25) is 5.91 Å². The standard InChI is InChI=1S/C20H26N6OS/c1-5-25-18(13-16-9-7-6-8-10-16)23-24-20(25)28-15(4)19(27)22-17-11-12-21-26(17)14(2)3/h6-12,14-15H,5,13H2,1-4H3,(H,22,27)/t15-/m1/s1. The Hall–Kier alpha value is -2.61. The highest BCUT2D eigenvalue weighted by Gasteiger charge is 2.21. The number of aromatic nitrogens is 5. The highest BCUT2D eigenvalue weighted by molar-refractivity contribution is 8.00. The number of carbonyl (C=O) groups is 1. The van der Waals surface area contributed by atoms with Crippen molar-refractivity contribution in [2.75, 3.05) is 5.32 Å². The van der Waals surface area contributed by atoms with Crippen LogP contribution in [0, 0.1) is 0 Å². The van der Waals surface area contributed by atoms with Crippen molar-refractivity contribution in [2.24, 2.45) is 0 Å². The van der Waals surface area contributed by atoms with Crippen LogP contribution < -0.4 is 5.32 Å². The molecule has 28 heavy (non-hydrogen) atoms. The molecule has 2 heterocycles. The van der Waals surface area contributed by atoms with Crippen molar-refractivity contribution < 1.29 is 4.79 Å². The van der Waals surface area contributed by atoms with Crippen molar-refractivity contribution in [3.63, 3.8) is 0 Å². The van der Waals surface area contributed by atoms with Crippen LogP contribution in [-0.4, -0.2) is 35.7 Å². The Morgan fingerprint density at radius 2 is 1.89 bits per heavy atom. The molecule has 0 saturated heterocycles. The summed E-state index contributed by atoms with van der Waals surface area (Å²) in [7, 11) is 0. The van der Waals surface area contributed by atoms with Gasteiger partial charge in [0.25, 0.3) is 0 Å². The molecule has 1 N–H and O–H groups in total. The van der Waals surface area contributed by atoms with Gasteiger partial charge in [0.05, 0.1) is 11.4 Å². The molecule has 3 rings (SSSR count). The zero-order chi connectivity index (χ0) is 20.1. The van der Waals surface area contributed by atoms with Gasteiger partial charge in [0.1, 0.15) is 11.6 Å². The minimum Gasteiger partial charge on any atom is -0.310 e. The highest BCUT2D eigenvalue weighted by Crippen LogP contribution is 2.24. The number of thioether (sulfide) groups is 1. The van der Waals surface area contributed by atoms with Gasteiger partial charge in [-0.15, -0.1) is 10.2 Å². The van der Waals surface area contributed by atoms with E-state index in [1.165, 1.54) is 17.3 Å². The number of nitrogens with zero attached hydrogens (tertiary/aromatic N) is 5. The van der Waals surface area contributed by atoms with Crippen LogP contribution in [0.15, 0.2) is 47.8 Å². The normalized spacial score (nSPS) is 12.3. The van der Waals surface area contributed by atoms with E-state index < -0.39 is 0 Å². The largest absolute Gasteiger partial charge is 0.310 e. The lowest BCUT2D eigenvalue weighted by atomic mass is 10.1. The van der Waals surface area contributed by atoms with Gasteiger partial charge in [-0.25, -0.2) is 4.68 Å². The zero-order valence-corrected chi connectivity index (χ0v) is 17.5. The lowest BCUT2D eigenvalue weighted by molar-refractivity contribution is -0.115. The average molecular weight is 399 g/mol. The van der Waals surface area contributed by atoms with Crippen molar-refractivity contribution in [1.29, 1.82) is 0 Å². The molecule has 0 aliphatic rings. The maximum atomic E-state index is 12.7. The number of hydrogen-bond donors (Lipinski definition) is 1. The van der Waals surface area contributed by atoms with E-state index in [2.05, 4.69) is 44.2 Å². The SMILES string of the molecule is CCn1c(Cc2ccccc2)nnc1S[C@H](C)C(=O)Nc1ccnn1C(C)C. The first-order valence-electron chi connectivity index (χ1n) is 9.46.